The van der Waals surface area contributed by atoms with Crippen LogP contribution < -0.4 is 16.0 Å². The Morgan fingerprint density at radius 1 is 1.10 bits per heavy atom. The van der Waals surface area contributed by atoms with Gasteiger partial charge in [-0.3, -0.25) is 14.4 Å². The first-order valence-electron chi connectivity index (χ1n) is 9.63. The number of thioether (sulfide) groups is 1. The highest BCUT2D eigenvalue weighted by Gasteiger charge is 2.27. The molecule has 0 radical (unpaired) electrons. The van der Waals surface area contributed by atoms with Gasteiger partial charge in [-0.1, -0.05) is 0 Å². The topological polar surface area (TPSA) is 121 Å². The third-order valence-corrected chi connectivity index (χ3v) is 7.84. The SMILES string of the molecule is CC(=O)Nc1ccc(NC(=O)C[C@H](C)S(=O)(=O)c2ccc3c(c2)NC(=O)CCS3)cc1. The van der Waals surface area contributed by atoms with Crippen molar-refractivity contribution in [1.82, 2.24) is 0 Å². The van der Waals surface area contributed by atoms with E-state index < -0.39 is 21.0 Å². The molecule has 1 heterocycles. The zero-order valence-electron chi connectivity index (χ0n) is 17.1. The quantitative estimate of drug-likeness (QED) is 0.607. The first-order valence-corrected chi connectivity index (χ1v) is 12.2. The van der Waals surface area contributed by atoms with E-state index in [0.29, 0.717) is 29.2 Å². The van der Waals surface area contributed by atoms with Gasteiger partial charge in [0.25, 0.3) is 0 Å². The number of hydrogen-bond acceptors (Lipinski definition) is 6. The van der Waals surface area contributed by atoms with Gasteiger partial charge in [-0.05, 0) is 49.4 Å². The molecule has 3 amide bonds. The molecule has 1 aliphatic heterocycles. The first kappa shape index (κ1) is 22.8. The number of nitrogens with one attached hydrogen (secondary N) is 3. The van der Waals surface area contributed by atoms with Gasteiger partial charge in [0.1, 0.15) is 0 Å². The normalized spacial score (nSPS) is 14.6. The van der Waals surface area contributed by atoms with Crippen LogP contribution in [-0.2, 0) is 24.2 Å². The highest BCUT2D eigenvalue weighted by atomic mass is 32.2. The lowest BCUT2D eigenvalue weighted by atomic mass is 10.2. The minimum Gasteiger partial charge on any atom is -0.326 e. The molecule has 31 heavy (non-hydrogen) atoms. The molecule has 2 aromatic carbocycles. The Labute approximate surface area is 185 Å². The van der Waals surface area contributed by atoms with Gasteiger partial charge in [-0.2, -0.15) is 0 Å². The molecule has 0 saturated heterocycles. The van der Waals surface area contributed by atoms with Crippen molar-refractivity contribution in [2.45, 2.75) is 41.7 Å². The molecule has 0 aliphatic carbocycles. The molecule has 0 unspecified atom stereocenters. The van der Waals surface area contributed by atoms with Crippen LogP contribution in [0.15, 0.2) is 52.3 Å². The van der Waals surface area contributed by atoms with Crippen LogP contribution in [0, 0.1) is 0 Å². The zero-order chi connectivity index (χ0) is 22.6. The molecule has 2 aromatic rings. The van der Waals surface area contributed by atoms with Crippen molar-refractivity contribution in [2.75, 3.05) is 21.7 Å². The Balaban J connectivity index is 1.67. The van der Waals surface area contributed by atoms with Gasteiger partial charge in [0.2, 0.25) is 17.7 Å². The number of carbonyl (C=O) groups is 3. The number of benzene rings is 2. The number of anilines is 3. The Kier molecular flexibility index (Phi) is 7.01. The maximum Gasteiger partial charge on any atom is 0.225 e. The van der Waals surface area contributed by atoms with Crippen LogP contribution in [-0.4, -0.2) is 37.1 Å². The predicted octanol–water partition coefficient (Wildman–Crippen LogP) is 3.27. The fraction of sp³-hybridized carbons (Fsp3) is 0.286. The molecule has 1 aliphatic rings. The molecule has 8 nitrogen and oxygen atoms in total. The Hall–Kier alpha value is -2.85. The number of fused-ring (bicyclic) bond motifs is 1. The molecule has 3 N–H and O–H groups in total. The Morgan fingerprint density at radius 3 is 2.39 bits per heavy atom. The monoisotopic (exact) mass is 461 g/mol. The van der Waals surface area contributed by atoms with Crippen molar-refractivity contribution in [3.05, 3.63) is 42.5 Å². The van der Waals surface area contributed by atoms with Crippen molar-refractivity contribution < 1.29 is 22.8 Å². The summed E-state index contributed by atoms with van der Waals surface area (Å²) >= 11 is 1.49. The number of carbonyl (C=O) groups excluding carboxylic acids is 3. The van der Waals surface area contributed by atoms with E-state index in [1.807, 2.05) is 0 Å². The summed E-state index contributed by atoms with van der Waals surface area (Å²) in [6, 6.07) is 11.2. The number of rotatable bonds is 6. The third-order valence-electron chi connectivity index (χ3n) is 4.63. The van der Waals surface area contributed by atoms with Crippen molar-refractivity contribution in [2.24, 2.45) is 0 Å². The second kappa shape index (κ2) is 9.52. The van der Waals surface area contributed by atoms with Crippen LogP contribution in [0.2, 0.25) is 0 Å². The van der Waals surface area contributed by atoms with Gasteiger partial charge in [0.15, 0.2) is 9.84 Å². The predicted molar refractivity (Wildman–Crippen MR) is 121 cm³/mol. The van der Waals surface area contributed by atoms with Crippen molar-refractivity contribution in [3.8, 4) is 0 Å². The molecule has 164 valence electrons. The van der Waals surface area contributed by atoms with E-state index in [1.165, 1.54) is 37.7 Å². The van der Waals surface area contributed by atoms with E-state index in [9.17, 15) is 22.8 Å². The largest absolute Gasteiger partial charge is 0.326 e. The van der Waals surface area contributed by atoms with Crippen molar-refractivity contribution in [1.29, 1.82) is 0 Å². The maximum atomic E-state index is 13.0. The third kappa shape index (κ3) is 5.86. The van der Waals surface area contributed by atoms with Crippen LogP contribution in [0.5, 0.6) is 0 Å². The average molecular weight is 462 g/mol. The van der Waals surface area contributed by atoms with Crippen LogP contribution in [0.25, 0.3) is 0 Å². The fourth-order valence-corrected chi connectivity index (χ4v) is 5.34. The fourth-order valence-electron chi connectivity index (χ4n) is 3.03. The summed E-state index contributed by atoms with van der Waals surface area (Å²) < 4.78 is 26.0. The van der Waals surface area contributed by atoms with Crippen molar-refractivity contribution >= 4 is 56.4 Å². The molecular formula is C21H23N3O5S2. The first-order chi connectivity index (χ1) is 14.6. The highest BCUT2D eigenvalue weighted by Crippen LogP contribution is 2.33. The van der Waals surface area contributed by atoms with Gasteiger partial charge in [0.05, 0.1) is 15.8 Å². The lowest BCUT2D eigenvalue weighted by Crippen LogP contribution is -2.25. The van der Waals surface area contributed by atoms with E-state index in [-0.39, 0.29) is 23.1 Å². The van der Waals surface area contributed by atoms with Gasteiger partial charge < -0.3 is 16.0 Å². The summed E-state index contributed by atoms with van der Waals surface area (Å²) in [6.45, 7) is 2.88. The second-order valence-electron chi connectivity index (χ2n) is 7.17. The molecule has 0 fully saturated rings. The summed E-state index contributed by atoms with van der Waals surface area (Å²) in [6.07, 6.45) is 0.137. The highest BCUT2D eigenvalue weighted by molar-refractivity contribution is 7.99. The van der Waals surface area contributed by atoms with Crippen LogP contribution in [0.4, 0.5) is 17.1 Å². The van der Waals surface area contributed by atoms with Crippen LogP contribution >= 0.6 is 11.8 Å². The smallest absolute Gasteiger partial charge is 0.225 e. The number of amides is 3. The Bertz CT molecular complexity index is 1110. The summed E-state index contributed by atoms with van der Waals surface area (Å²) in [5.74, 6) is -0.167. The van der Waals surface area contributed by atoms with Crippen LogP contribution in [0.3, 0.4) is 0 Å². The lowest BCUT2D eigenvalue weighted by molar-refractivity contribution is -0.116. The van der Waals surface area contributed by atoms with E-state index in [2.05, 4.69) is 16.0 Å². The van der Waals surface area contributed by atoms with Crippen molar-refractivity contribution in [3.63, 3.8) is 0 Å². The van der Waals surface area contributed by atoms with Gasteiger partial charge in [-0.25, -0.2) is 8.42 Å². The summed E-state index contributed by atoms with van der Waals surface area (Å²) in [4.78, 5) is 36.1. The molecule has 0 saturated carbocycles. The maximum absolute atomic E-state index is 13.0. The van der Waals surface area contributed by atoms with Gasteiger partial charge >= 0.3 is 0 Å². The minimum atomic E-state index is -3.78. The Morgan fingerprint density at radius 2 is 1.74 bits per heavy atom. The molecule has 0 bridgehead atoms. The van der Waals surface area contributed by atoms with E-state index in [4.69, 9.17) is 0 Å². The lowest BCUT2D eigenvalue weighted by Gasteiger charge is -2.15. The summed E-state index contributed by atoms with van der Waals surface area (Å²) in [5, 5.41) is 7.06. The zero-order valence-corrected chi connectivity index (χ0v) is 18.7. The number of sulfone groups is 1. The minimum absolute atomic E-state index is 0.0639. The van der Waals surface area contributed by atoms with E-state index in [0.717, 1.165) is 4.90 Å². The molecule has 0 aromatic heterocycles. The summed E-state index contributed by atoms with van der Waals surface area (Å²) in [5.41, 5.74) is 1.56. The molecular weight excluding hydrogens is 438 g/mol. The van der Waals surface area contributed by atoms with Gasteiger partial charge in [-0.15, -0.1) is 11.8 Å². The van der Waals surface area contributed by atoms with Crippen LogP contribution in [0.1, 0.15) is 26.7 Å². The molecule has 0 spiro atoms. The second-order valence-corrected chi connectivity index (χ2v) is 10.7. The molecule has 3 rings (SSSR count). The number of hydrogen-bond donors (Lipinski definition) is 3. The summed E-state index contributed by atoms with van der Waals surface area (Å²) in [7, 11) is -3.78. The standard InChI is InChI=1S/C21H23N3O5S2/c1-13(11-21(27)23-16-5-3-15(4-6-16)22-14(2)25)31(28,29)17-7-8-19-18(12-17)24-20(26)9-10-30-19/h3-8,12-13H,9-11H2,1-2H3,(H,22,25)(H,23,27)(H,24,26)/t13-/m0/s1. The van der Waals surface area contributed by atoms with E-state index >= 15 is 0 Å². The van der Waals surface area contributed by atoms with E-state index in [1.54, 1.807) is 30.3 Å². The average Bonchev–Trinajstić information content (AvgIpc) is 2.88. The van der Waals surface area contributed by atoms with Gasteiger partial charge in [0, 0.05) is 41.8 Å². The molecule has 1 atom stereocenters. The molecule has 10 heteroatoms.